The van der Waals surface area contributed by atoms with Gasteiger partial charge in [-0.1, -0.05) is 0 Å². The predicted octanol–water partition coefficient (Wildman–Crippen LogP) is 2.55. The van der Waals surface area contributed by atoms with Crippen LogP contribution in [0.15, 0.2) is 23.1 Å². The predicted molar refractivity (Wildman–Crippen MR) is 70.8 cm³/mol. The first kappa shape index (κ1) is 12.0. The molecule has 0 aromatic carbocycles. The van der Waals surface area contributed by atoms with Crippen LogP contribution in [-0.2, 0) is 6.54 Å². The molecule has 2 rings (SSSR count). The highest BCUT2D eigenvalue weighted by Gasteiger charge is 2.08. The quantitative estimate of drug-likeness (QED) is 0.942. The van der Waals surface area contributed by atoms with Crippen molar-refractivity contribution in [1.82, 2.24) is 19.7 Å². The third kappa shape index (κ3) is 2.63. The average Bonchev–Trinajstić information content (AvgIpc) is 2.81. The second-order valence-corrected chi connectivity index (χ2v) is 4.36. The van der Waals surface area contributed by atoms with E-state index in [1.165, 1.54) is 0 Å². The van der Waals surface area contributed by atoms with Crippen molar-refractivity contribution in [1.29, 1.82) is 0 Å². The van der Waals surface area contributed by atoms with Gasteiger partial charge in [0.05, 0.1) is 16.2 Å². The first-order valence-corrected chi connectivity index (χ1v) is 6.33. The summed E-state index contributed by atoms with van der Waals surface area (Å²) in [6.07, 6.45) is 5.48. The summed E-state index contributed by atoms with van der Waals surface area (Å²) < 4.78 is 2.72. The largest absolute Gasteiger partial charge is 0.369 e. The Balaban J connectivity index is 2.35. The Morgan fingerprint density at radius 3 is 2.82 bits per heavy atom. The Kier molecular flexibility index (Phi) is 3.73. The maximum absolute atomic E-state index is 4.46. The molecule has 0 amide bonds. The van der Waals surface area contributed by atoms with Gasteiger partial charge in [0.2, 0.25) is 0 Å². The highest BCUT2D eigenvalue weighted by molar-refractivity contribution is 9.10. The molecule has 0 atom stereocenters. The molecule has 0 fully saturated rings. The Bertz CT molecular complexity index is 508. The number of anilines is 1. The highest BCUT2D eigenvalue weighted by atomic mass is 79.9. The van der Waals surface area contributed by atoms with Gasteiger partial charge in [-0.15, -0.1) is 0 Å². The van der Waals surface area contributed by atoms with Crippen LogP contribution in [0.5, 0.6) is 0 Å². The smallest absolute Gasteiger partial charge is 0.164 e. The molecule has 2 aromatic heterocycles. The summed E-state index contributed by atoms with van der Waals surface area (Å²) in [5, 5.41) is 7.40. The maximum Gasteiger partial charge on any atom is 0.164 e. The molecule has 0 aliphatic carbocycles. The zero-order chi connectivity index (χ0) is 12.3. The van der Waals surface area contributed by atoms with Crippen molar-refractivity contribution in [2.75, 3.05) is 11.9 Å². The van der Waals surface area contributed by atoms with E-state index in [4.69, 9.17) is 0 Å². The van der Waals surface area contributed by atoms with Crippen LogP contribution in [0.25, 0.3) is 11.4 Å². The van der Waals surface area contributed by atoms with Crippen molar-refractivity contribution >= 4 is 21.7 Å². The van der Waals surface area contributed by atoms with Crippen LogP contribution in [-0.4, -0.2) is 26.3 Å². The van der Waals surface area contributed by atoms with Crippen LogP contribution in [0.4, 0.5) is 5.82 Å². The number of hydrogen-bond acceptors (Lipinski definition) is 4. The van der Waals surface area contributed by atoms with E-state index in [0.717, 1.165) is 28.9 Å². The first-order valence-electron chi connectivity index (χ1n) is 5.53. The second kappa shape index (κ2) is 5.27. The Morgan fingerprint density at radius 1 is 1.35 bits per heavy atom. The zero-order valence-corrected chi connectivity index (χ0v) is 11.4. The van der Waals surface area contributed by atoms with Gasteiger partial charge in [0.25, 0.3) is 0 Å². The van der Waals surface area contributed by atoms with Gasteiger partial charge in [-0.3, -0.25) is 4.68 Å². The van der Waals surface area contributed by atoms with E-state index in [1.807, 2.05) is 24.7 Å². The molecule has 0 radical (unpaired) electrons. The monoisotopic (exact) mass is 295 g/mol. The number of hydrogen-bond donors (Lipinski definition) is 1. The minimum absolute atomic E-state index is 0.684. The van der Waals surface area contributed by atoms with Gasteiger partial charge in [-0.05, 0) is 29.8 Å². The standard InChI is InChI=1S/C11H14BrN5/c1-3-13-11-9(12)6-14-10(16-11)8-5-15-17(4-2)7-8/h5-7H,3-4H2,1-2H3,(H,13,14,16). The molecule has 2 heterocycles. The van der Waals surface area contributed by atoms with E-state index < -0.39 is 0 Å². The second-order valence-electron chi connectivity index (χ2n) is 3.51. The summed E-state index contributed by atoms with van der Waals surface area (Å²) in [5.74, 6) is 1.49. The molecule has 17 heavy (non-hydrogen) atoms. The molecule has 1 N–H and O–H groups in total. The van der Waals surface area contributed by atoms with E-state index in [1.54, 1.807) is 12.4 Å². The number of aryl methyl sites for hydroxylation is 1. The van der Waals surface area contributed by atoms with Crippen LogP contribution in [0.2, 0.25) is 0 Å². The summed E-state index contributed by atoms with van der Waals surface area (Å²) in [6, 6.07) is 0. The van der Waals surface area contributed by atoms with Gasteiger partial charge in [-0.25, -0.2) is 9.97 Å². The number of aromatic nitrogens is 4. The van der Waals surface area contributed by atoms with Crippen molar-refractivity contribution in [2.24, 2.45) is 0 Å². The Morgan fingerprint density at radius 2 is 2.18 bits per heavy atom. The van der Waals surface area contributed by atoms with Gasteiger partial charge >= 0.3 is 0 Å². The molecule has 6 heteroatoms. The van der Waals surface area contributed by atoms with Crippen LogP contribution < -0.4 is 5.32 Å². The van der Waals surface area contributed by atoms with Gasteiger partial charge in [0, 0.05) is 25.5 Å². The lowest BCUT2D eigenvalue weighted by Gasteiger charge is -2.05. The summed E-state index contributed by atoms with van der Waals surface area (Å²) >= 11 is 3.41. The fourth-order valence-electron chi connectivity index (χ4n) is 1.45. The van der Waals surface area contributed by atoms with Crippen LogP contribution in [0.3, 0.4) is 0 Å². The topological polar surface area (TPSA) is 55.6 Å². The molecule has 0 aliphatic rings. The molecule has 0 aliphatic heterocycles. The fraction of sp³-hybridized carbons (Fsp3) is 0.364. The SMILES string of the molecule is CCNc1nc(-c2cnn(CC)c2)ncc1Br. The van der Waals surface area contributed by atoms with Crippen LogP contribution in [0.1, 0.15) is 13.8 Å². The minimum Gasteiger partial charge on any atom is -0.369 e. The van der Waals surface area contributed by atoms with Gasteiger partial charge in [0.1, 0.15) is 5.82 Å². The zero-order valence-electron chi connectivity index (χ0n) is 9.81. The van der Waals surface area contributed by atoms with Gasteiger partial charge in [-0.2, -0.15) is 5.10 Å². The molecule has 0 spiro atoms. The van der Waals surface area contributed by atoms with E-state index in [-0.39, 0.29) is 0 Å². The fourth-order valence-corrected chi connectivity index (χ4v) is 1.78. The van der Waals surface area contributed by atoms with E-state index in [0.29, 0.717) is 5.82 Å². The maximum atomic E-state index is 4.46. The summed E-state index contributed by atoms with van der Waals surface area (Å²) in [6.45, 7) is 5.74. The molecule has 0 bridgehead atoms. The summed E-state index contributed by atoms with van der Waals surface area (Å²) in [4.78, 5) is 8.75. The first-order chi connectivity index (χ1) is 8.24. The third-order valence-corrected chi connectivity index (χ3v) is 2.88. The van der Waals surface area contributed by atoms with Crippen molar-refractivity contribution in [3.05, 3.63) is 23.1 Å². The molecular weight excluding hydrogens is 282 g/mol. The van der Waals surface area contributed by atoms with Crippen molar-refractivity contribution in [3.8, 4) is 11.4 Å². The van der Waals surface area contributed by atoms with E-state index >= 15 is 0 Å². The molecular formula is C11H14BrN5. The van der Waals surface area contributed by atoms with Crippen LogP contribution >= 0.6 is 15.9 Å². The molecule has 0 saturated heterocycles. The van der Waals surface area contributed by atoms with E-state index in [9.17, 15) is 0 Å². The summed E-state index contributed by atoms with van der Waals surface area (Å²) in [5.41, 5.74) is 0.929. The Labute approximate surface area is 108 Å². The third-order valence-electron chi connectivity index (χ3n) is 2.30. The number of nitrogens with one attached hydrogen (secondary N) is 1. The van der Waals surface area contributed by atoms with Gasteiger partial charge < -0.3 is 5.32 Å². The lowest BCUT2D eigenvalue weighted by molar-refractivity contribution is 0.660. The highest BCUT2D eigenvalue weighted by Crippen LogP contribution is 2.22. The molecule has 2 aromatic rings. The normalized spacial score (nSPS) is 10.5. The molecule has 90 valence electrons. The minimum atomic E-state index is 0.684. The lowest BCUT2D eigenvalue weighted by atomic mass is 10.3. The van der Waals surface area contributed by atoms with Crippen molar-refractivity contribution in [3.63, 3.8) is 0 Å². The van der Waals surface area contributed by atoms with Crippen molar-refractivity contribution in [2.45, 2.75) is 20.4 Å². The van der Waals surface area contributed by atoms with E-state index in [2.05, 4.69) is 36.3 Å². The molecule has 0 unspecified atom stereocenters. The summed E-state index contributed by atoms with van der Waals surface area (Å²) in [7, 11) is 0. The van der Waals surface area contributed by atoms with Crippen molar-refractivity contribution < 1.29 is 0 Å². The lowest BCUT2D eigenvalue weighted by Crippen LogP contribution is -2.02. The molecule has 5 nitrogen and oxygen atoms in total. The van der Waals surface area contributed by atoms with Crippen LogP contribution in [0, 0.1) is 0 Å². The Hall–Kier alpha value is -1.43. The van der Waals surface area contributed by atoms with Gasteiger partial charge in [0.15, 0.2) is 5.82 Å². The number of halogens is 1. The average molecular weight is 296 g/mol. The molecule has 0 saturated carbocycles. The number of nitrogens with zero attached hydrogens (tertiary/aromatic N) is 4. The number of rotatable bonds is 4.